The number of furan rings is 1. The van der Waals surface area contributed by atoms with E-state index >= 15 is 0 Å². The molecule has 3 aliphatic rings. The van der Waals surface area contributed by atoms with Crippen LogP contribution in [0, 0.1) is 0 Å². The maximum atomic E-state index is 6.69. The second-order valence-corrected chi connectivity index (χ2v) is 13.4. The molecule has 1 unspecified atom stereocenters. The average Bonchev–Trinajstić information content (AvgIpc) is 3.80. The Bertz CT molecular complexity index is 2700. The van der Waals surface area contributed by atoms with Gasteiger partial charge in [-0.05, 0) is 87.7 Å². The topological polar surface area (TPSA) is 51.8 Å². The van der Waals surface area contributed by atoms with E-state index < -0.39 is 0 Å². The standard InChI is InChI=1S/C46H29N3O/c1-3-13-28(14-4-1)43-47-44(29-15-5-2-6-16-29)49-45(48-43)30-23-24-41-35(25-30)36-26-34-33-19-9-12-22-39(33)46(40(34)27-42(36)50-41)37-20-10-7-17-31(37)32-18-8-11-21-38(32)46/h1-7,9-17,19-27H,8,18H2. The molecule has 1 atom stereocenters. The molecular formula is C46H29N3O. The van der Waals surface area contributed by atoms with Gasteiger partial charge < -0.3 is 4.42 Å². The molecule has 50 heavy (non-hydrogen) atoms. The van der Waals surface area contributed by atoms with Crippen LogP contribution in [-0.2, 0) is 5.41 Å². The summed E-state index contributed by atoms with van der Waals surface area (Å²) in [5, 5.41) is 2.14. The van der Waals surface area contributed by atoms with Crippen LogP contribution in [0.25, 0.3) is 72.8 Å². The first-order valence-electron chi connectivity index (χ1n) is 17.3. The van der Waals surface area contributed by atoms with Crippen molar-refractivity contribution < 1.29 is 4.42 Å². The van der Waals surface area contributed by atoms with Gasteiger partial charge in [0.1, 0.15) is 11.2 Å². The van der Waals surface area contributed by atoms with E-state index in [4.69, 9.17) is 19.4 Å². The van der Waals surface area contributed by atoms with Crippen molar-refractivity contribution in [1.82, 2.24) is 15.0 Å². The molecule has 234 valence electrons. The van der Waals surface area contributed by atoms with E-state index in [1.54, 1.807) is 0 Å². The van der Waals surface area contributed by atoms with Gasteiger partial charge in [-0.1, -0.05) is 121 Å². The summed E-state index contributed by atoms with van der Waals surface area (Å²) in [6.07, 6.45) is 6.88. The molecule has 2 aromatic heterocycles. The van der Waals surface area contributed by atoms with Crippen molar-refractivity contribution in [3.05, 3.63) is 180 Å². The van der Waals surface area contributed by atoms with Gasteiger partial charge >= 0.3 is 0 Å². The van der Waals surface area contributed by atoms with Crippen molar-refractivity contribution in [3.8, 4) is 45.3 Å². The molecule has 3 aliphatic carbocycles. The maximum absolute atomic E-state index is 6.69. The smallest absolute Gasteiger partial charge is 0.164 e. The minimum absolute atomic E-state index is 0.361. The fourth-order valence-corrected chi connectivity index (χ4v) is 8.72. The lowest BCUT2D eigenvalue weighted by molar-refractivity contribution is 0.666. The summed E-state index contributed by atoms with van der Waals surface area (Å²) in [5.41, 5.74) is 15.0. The second kappa shape index (κ2) is 10.3. The third-order valence-electron chi connectivity index (χ3n) is 10.8. The molecule has 0 bridgehead atoms. The molecule has 1 spiro atoms. The number of hydrogen-bond acceptors (Lipinski definition) is 4. The molecule has 2 heterocycles. The van der Waals surface area contributed by atoms with Crippen LogP contribution in [0.1, 0.15) is 35.1 Å². The summed E-state index contributed by atoms with van der Waals surface area (Å²) in [4.78, 5) is 14.9. The highest BCUT2D eigenvalue weighted by atomic mass is 16.3. The highest BCUT2D eigenvalue weighted by Crippen LogP contribution is 2.63. The number of benzene rings is 6. The molecule has 0 fully saturated rings. The summed E-state index contributed by atoms with van der Waals surface area (Å²) in [5.74, 6) is 1.92. The van der Waals surface area contributed by atoms with Crippen LogP contribution < -0.4 is 0 Å². The zero-order valence-electron chi connectivity index (χ0n) is 27.1. The van der Waals surface area contributed by atoms with Gasteiger partial charge in [-0.25, -0.2) is 15.0 Å². The van der Waals surface area contributed by atoms with E-state index in [1.807, 2.05) is 60.7 Å². The van der Waals surface area contributed by atoms with Crippen LogP contribution in [0.2, 0.25) is 0 Å². The third-order valence-corrected chi connectivity index (χ3v) is 10.8. The largest absolute Gasteiger partial charge is 0.456 e. The van der Waals surface area contributed by atoms with Crippen molar-refractivity contribution >= 4 is 27.5 Å². The molecule has 0 saturated heterocycles. The molecule has 6 aromatic carbocycles. The molecule has 11 rings (SSSR count). The molecule has 0 radical (unpaired) electrons. The highest BCUT2D eigenvalue weighted by molar-refractivity contribution is 6.10. The molecule has 0 saturated carbocycles. The fourth-order valence-electron chi connectivity index (χ4n) is 8.72. The Hall–Kier alpha value is -6.39. The zero-order chi connectivity index (χ0) is 32.8. The minimum Gasteiger partial charge on any atom is -0.456 e. The molecule has 0 amide bonds. The fraction of sp³-hybridized carbons (Fsp3) is 0.0652. The second-order valence-electron chi connectivity index (χ2n) is 13.4. The van der Waals surface area contributed by atoms with Crippen LogP contribution >= 0.6 is 0 Å². The summed E-state index contributed by atoms with van der Waals surface area (Å²) >= 11 is 0. The molecule has 0 aliphatic heterocycles. The molecule has 0 N–H and O–H groups in total. The monoisotopic (exact) mass is 639 g/mol. The van der Waals surface area contributed by atoms with Crippen LogP contribution in [0.15, 0.2) is 162 Å². The number of nitrogens with zero attached hydrogens (tertiary/aromatic N) is 3. The van der Waals surface area contributed by atoms with Crippen molar-refractivity contribution in [3.63, 3.8) is 0 Å². The van der Waals surface area contributed by atoms with E-state index in [-0.39, 0.29) is 5.41 Å². The van der Waals surface area contributed by atoms with Crippen molar-refractivity contribution in [1.29, 1.82) is 0 Å². The summed E-state index contributed by atoms with van der Waals surface area (Å²) in [6.45, 7) is 0. The van der Waals surface area contributed by atoms with Crippen LogP contribution in [-0.4, -0.2) is 15.0 Å². The summed E-state index contributed by atoms with van der Waals surface area (Å²) in [7, 11) is 0. The molecule has 4 heteroatoms. The molecular weight excluding hydrogens is 611 g/mol. The predicted octanol–water partition coefficient (Wildman–Crippen LogP) is 11.2. The Morgan fingerprint density at radius 3 is 1.80 bits per heavy atom. The zero-order valence-corrected chi connectivity index (χ0v) is 27.1. The Kier molecular flexibility index (Phi) is 5.68. The summed E-state index contributed by atoms with van der Waals surface area (Å²) in [6, 6.07) is 49.2. The van der Waals surface area contributed by atoms with Crippen LogP contribution in [0.5, 0.6) is 0 Å². The van der Waals surface area contributed by atoms with Gasteiger partial charge in [-0.2, -0.15) is 0 Å². The minimum atomic E-state index is -0.361. The van der Waals surface area contributed by atoms with E-state index in [9.17, 15) is 0 Å². The molecule has 4 nitrogen and oxygen atoms in total. The number of aromatic nitrogens is 3. The van der Waals surface area contributed by atoms with Crippen molar-refractivity contribution in [2.75, 3.05) is 0 Å². The number of allylic oxidation sites excluding steroid dienone is 4. The predicted molar refractivity (Wildman–Crippen MR) is 200 cm³/mol. The number of rotatable bonds is 3. The Balaban J connectivity index is 1.14. The quantitative estimate of drug-likeness (QED) is 0.193. The first-order chi connectivity index (χ1) is 24.8. The first kappa shape index (κ1) is 27.5. The summed E-state index contributed by atoms with van der Waals surface area (Å²) < 4.78 is 6.69. The Morgan fingerprint density at radius 2 is 1.08 bits per heavy atom. The van der Waals surface area contributed by atoms with Crippen LogP contribution in [0.3, 0.4) is 0 Å². The maximum Gasteiger partial charge on any atom is 0.164 e. The average molecular weight is 640 g/mol. The van der Waals surface area contributed by atoms with E-state index in [0.717, 1.165) is 51.5 Å². The van der Waals surface area contributed by atoms with Gasteiger partial charge in [0.05, 0.1) is 5.41 Å². The SMILES string of the molecule is C1=CC2=C(CC1)c1ccccc1C21c2ccccc2-c2cc3c(cc21)oc1ccc(-c2nc(-c4ccccc4)nc(-c4ccccc4)n2)cc13. The van der Waals surface area contributed by atoms with Gasteiger partial charge in [0.15, 0.2) is 17.5 Å². The third kappa shape index (κ3) is 3.73. The lowest BCUT2D eigenvalue weighted by atomic mass is 9.69. The Morgan fingerprint density at radius 1 is 0.480 bits per heavy atom. The number of fused-ring (bicyclic) bond motifs is 12. The van der Waals surface area contributed by atoms with Gasteiger partial charge in [0.2, 0.25) is 0 Å². The van der Waals surface area contributed by atoms with E-state index in [1.165, 1.54) is 44.5 Å². The lowest BCUT2D eigenvalue weighted by Gasteiger charge is -2.32. The Labute approximate surface area is 289 Å². The van der Waals surface area contributed by atoms with Gasteiger partial charge in [0, 0.05) is 27.5 Å². The van der Waals surface area contributed by atoms with E-state index in [0.29, 0.717) is 17.5 Å². The van der Waals surface area contributed by atoms with Crippen LogP contribution in [0.4, 0.5) is 0 Å². The molecule has 8 aromatic rings. The van der Waals surface area contributed by atoms with Gasteiger partial charge in [-0.3, -0.25) is 0 Å². The highest BCUT2D eigenvalue weighted by Gasteiger charge is 2.52. The lowest BCUT2D eigenvalue weighted by Crippen LogP contribution is -2.27. The number of hydrogen-bond donors (Lipinski definition) is 0. The van der Waals surface area contributed by atoms with E-state index in [2.05, 4.69) is 91.0 Å². The normalized spacial score (nSPS) is 17.0. The van der Waals surface area contributed by atoms with Gasteiger partial charge in [0.25, 0.3) is 0 Å². The first-order valence-corrected chi connectivity index (χ1v) is 17.3. The van der Waals surface area contributed by atoms with Crippen molar-refractivity contribution in [2.24, 2.45) is 0 Å². The van der Waals surface area contributed by atoms with Crippen molar-refractivity contribution in [2.45, 2.75) is 18.3 Å². The van der Waals surface area contributed by atoms with Gasteiger partial charge in [-0.15, -0.1) is 0 Å².